The van der Waals surface area contributed by atoms with Gasteiger partial charge in [-0.3, -0.25) is 14.8 Å². The second kappa shape index (κ2) is 10.1. The Hall–Kier alpha value is -4.57. The second-order valence-corrected chi connectivity index (χ2v) is 8.34. The van der Waals surface area contributed by atoms with Crippen molar-refractivity contribution in [3.8, 4) is 22.5 Å². The maximum atomic E-state index is 13.6. The van der Waals surface area contributed by atoms with E-state index in [4.69, 9.17) is 0 Å². The van der Waals surface area contributed by atoms with E-state index >= 15 is 0 Å². The Morgan fingerprint density at radius 1 is 0.743 bits per heavy atom. The summed E-state index contributed by atoms with van der Waals surface area (Å²) in [6.45, 7) is 2.69. The molecule has 0 bridgehead atoms. The minimum atomic E-state index is -0.0663. The molecular weight excluding hydrogens is 430 g/mol. The summed E-state index contributed by atoms with van der Waals surface area (Å²) in [7, 11) is 0. The molecule has 0 fully saturated rings. The van der Waals surface area contributed by atoms with Gasteiger partial charge in [0.25, 0.3) is 0 Å². The summed E-state index contributed by atoms with van der Waals surface area (Å²) in [5.74, 6) is -0.0663. The molecule has 0 aliphatic rings. The summed E-state index contributed by atoms with van der Waals surface area (Å²) < 4.78 is 0. The van der Waals surface area contributed by atoms with E-state index in [2.05, 4.69) is 46.5 Å². The van der Waals surface area contributed by atoms with Gasteiger partial charge in [0.15, 0.2) is 5.78 Å². The molecule has 170 valence electrons. The summed E-state index contributed by atoms with van der Waals surface area (Å²) in [4.78, 5) is 22.5. The van der Waals surface area contributed by atoms with Crippen LogP contribution in [0.15, 0.2) is 116 Å². The molecule has 0 amide bonds. The standard InChI is InChI=1S/C31H25N3O/c1-22-26(24-12-6-3-7-13-24)16-17-27(30(22)34-20-23-10-4-2-5-11-23)31(35)25-15-18-29(33-21-25)28-14-8-9-19-32-28/h2-19,21,34H,20H2,1H3. The minimum absolute atomic E-state index is 0.0663. The van der Waals surface area contributed by atoms with Gasteiger partial charge in [0, 0.05) is 35.8 Å². The van der Waals surface area contributed by atoms with Crippen LogP contribution >= 0.6 is 0 Å². The summed E-state index contributed by atoms with van der Waals surface area (Å²) in [5, 5.41) is 3.54. The van der Waals surface area contributed by atoms with Crippen LogP contribution in [0.1, 0.15) is 27.0 Å². The van der Waals surface area contributed by atoms with Crippen LogP contribution in [0.2, 0.25) is 0 Å². The zero-order valence-electron chi connectivity index (χ0n) is 19.5. The number of nitrogens with one attached hydrogen (secondary N) is 1. The number of ketones is 1. The van der Waals surface area contributed by atoms with Gasteiger partial charge in [-0.1, -0.05) is 72.8 Å². The van der Waals surface area contributed by atoms with Gasteiger partial charge in [0.1, 0.15) is 0 Å². The number of aromatic nitrogens is 2. The van der Waals surface area contributed by atoms with Crippen molar-refractivity contribution in [2.24, 2.45) is 0 Å². The predicted molar refractivity (Wildman–Crippen MR) is 141 cm³/mol. The Bertz CT molecular complexity index is 1430. The number of pyridine rings is 2. The number of hydrogen-bond acceptors (Lipinski definition) is 4. The zero-order valence-corrected chi connectivity index (χ0v) is 19.5. The molecule has 4 nitrogen and oxygen atoms in total. The van der Waals surface area contributed by atoms with Crippen molar-refractivity contribution in [1.82, 2.24) is 9.97 Å². The van der Waals surface area contributed by atoms with E-state index in [1.807, 2.05) is 78.9 Å². The van der Waals surface area contributed by atoms with E-state index in [-0.39, 0.29) is 5.78 Å². The number of anilines is 1. The van der Waals surface area contributed by atoms with Crippen LogP contribution in [0.5, 0.6) is 0 Å². The van der Waals surface area contributed by atoms with E-state index < -0.39 is 0 Å². The van der Waals surface area contributed by atoms with Gasteiger partial charge < -0.3 is 5.32 Å². The van der Waals surface area contributed by atoms with Crippen molar-refractivity contribution >= 4 is 11.5 Å². The van der Waals surface area contributed by atoms with E-state index in [1.54, 1.807) is 12.4 Å². The number of hydrogen-bond donors (Lipinski definition) is 1. The van der Waals surface area contributed by atoms with Crippen LogP contribution in [0.4, 0.5) is 5.69 Å². The molecule has 0 unspecified atom stereocenters. The van der Waals surface area contributed by atoms with E-state index in [0.29, 0.717) is 17.7 Å². The lowest BCUT2D eigenvalue weighted by molar-refractivity contribution is 0.103. The third-order valence-electron chi connectivity index (χ3n) is 6.06. The van der Waals surface area contributed by atoms with E-state index in [9.17, 15) is 4.79 Å². The Balaban J connectivity index is 1.51. The first-order valence-electron chi connectivity index (χ1n) is 11.6. The third kappa shape index (κ3) is 4.87. The Morgan fingerprint density at radius 2 is 1.46 bits per heavy atom. The Labute approximate surface area is 205 Å². The molecule has 35 heavy (non-hydrogen) atoms. The second-order valence-electron chi connectivity index (χ2n) is 8.34. The molecule has 5 aromatic rings. The van der Waals surface area contributed by atoms with Crippen LogP contribution in [-0.2, 0) is 6.54 Å². The van der Waals surface area contributed by atoms with Gasteiger partial charge in [-0.15, -0.1) is 0 Å². The highest BCUT2D eigenvalue weighted by Gasteiger charge is 2.19. The highest BCUT2D eigenvalue weighted by molar-refractivity contribution is 6.13. The van der Waals surface area contributed by atoms with Crippen molar-refractivity contribution in [2.75, 3.05) is 5.32 Å². The summed E-state index contributed by atoms with van der Waals surface area (Å²) in [5.41, 5.74) is 7.93. The molecule has 5 rings (SSSR count). The number of carbonyl (C=O) groups excluding carboxylic acids is 1. The largest absolute Gasteiger partial charge is 0.380 e. The van der Waals surface area contributed by atoms with Gasteiger partial charge in [0.2, 0.25) is 0 Å². The quantitative estimate of drug-likeness (QED) is 0.270. The fourth-order valence-corrected chi connectivity index (χ4v) is 4.19. The molecule has 0 aliphatic heterocycles. The molecule has 2 aromatic heterocycles. The number of benzene rings is 3. The van der Waals surface area contributed by atoms with Gasteiger partial charge in [-0.25, -0.2) is 0 Å². The molecule has 0 aliphatic carbocycles. The molecule has 2 heterocycles. The molecule has 3 aromatic carbocycles. The predicted octanol–water partition coefficient (Wildman–Crippen LogP) is 6.96. The van der Waals surface area contributed by atoms with Crippen molar-refractivity contribution in [3.05, 3.63) is 138 Å². The van der Waals surface area contributed by atoms with Crippen LogP contribution in [0, 0.1) is 6.92 Å². The van der Waals surface area contributed by atoms with Crippen molar-refractivity contribution in [2.45, 2.75) is 13.5 Å². The number of nitrogens with zero attached hydrogens (tertiary/aromatic N) is 2. The first kappa shape index (κ1) is 22.2. The maximum absolute atomic E-state index is 13.6. The van der Waals surface area contributed by atoms with Gasteiger partial charge >= 0.3 is 0 Å². The van der Waals surface area contributed by atoms with Crippen LogP contribution < -0.4 is 5.32 Å². The molecule has 1 N–H and O–H groups in total. The number of rotatable bonds is 7. The molecule has 4 heteroatoms. The fraction of sp³-hybridized carbons (Fsp3) is 0.0645. The van der Waals surface area contributed by atoms with Crippen LogP contribution in [-0.4, -0.2) is 15.8 Å². The zero-order chi connectivity index (χ0) is 24.0. The van der Waals surface area contributed by atoms with Gasteiger partial charge in [0.05, 0.1) is 11.4 Å². The Kier molecular flexibility index (Phi) is 6.44. The summed E-state index contributed by atoms with van der Waals surface area (Å²) >= 11 is 0. The van der Waals surface area contributed by atoms with Crippen LogP contribution in [0.3, 0.4) is 0 Å². The van der Waals surface area contributed by atoms with Gasteiger partial charge in [-0.2, -0.15) is 0 Å². The molecule has 0 spiro atoms. The molecule has 0 radical (unpaired) electrons. The lowest BCUT2D eigenvalue weighted by Crippen LogP contribution is -2.10. The SMILES string of the molecule is Cc1c(-c2ccccc2)ccc(C(=O)c2ccc(-c3ccccn3)nc2)c1NCc1ccccc1. The lowest BCUT2D eigenvalue weighted by Gasteiger charge is -2.18. The monoisotopic (exact) mass is 455 g/mol. The first-order valence-corrected chi connectivity index (χ1v) is 11.6. The summed E-state index contributed by atoms with van der Waals surface area (Å²) in [6.07, 6.45) is 3.37. The number of carbonyl (C=O) groups is 1. The third-order valence-corrected chi connectivity index (χ3v) is 6.06. The van der Waals surface area contributed by atoms with Crippen LogP contribution in [0.25, 0.3) is 22.5 Å². The van der Waals surface area contributed by atoms with E-state index in [1.165, 1.54) is 0 Å². The Morgan fingerprint density at radius 3 is 2.14 bits per heavy atom. The molecule has 0 saturated heterocycles. The minimum Gasteiger partial charge on any atom is -0.380 e. The molecule has 0 atom stereocenters. The average Bonchev–Trinajstić information content (AvgIpc) is 2.93. The summed E-state index contributed by atoms with van der Waals surface area (Å²) in [6, 6.07) is 33.7. The lowest BCUT2D eigenvalue weighted by atomic mass is 9.93. The van der Waals surface area contributed by atoms with Gasteiger partial charge in [-0.05, 0) is 59.5 Å². The van der Waals surface area contributed by atoms with Crippen molar-refractivity contribution < 1.29 is 4.79 Å². The molecule has 0 saturated carbocycles. The first-order chi connectivity index (χ1) is 17.2. The highest BCUT2D eigenvalue weighted by Crippen LogP contribution is 2.33. The maximum Gasteiger partial charge on any atom is 0.196 e. The average molecular weight is 456 g/mol. The smallest absolute Gasteiger partial charge is 0.196 e. The van der Waals surface area contributed by atoms with Crippen molar-refractivity contribution in [3.63, 3.8) is 0 Å². The van der Waals surface area contributed by atoms with Crippen molar-refractivity contribution in [1.29, 1.82) is 0 Å². The normalized spacial score (nSPS) is 10.7. The highest BCUT2D eigenvalue weighted by atomic mass is 16.1. The molecular formula is C31H25N3O. The topological polar surface area (TPSA) is 54.9 Å². The fourth-order valence-electron chi connectivity index (χ4n) is 4.19. The van der Waals surface area contributed by atoms with E-state index in [0.717, 1.165) is 39.3 Å².